The van der Waals surface area contributed by atoms with Crippen molar-refractivity contribution in [1.82, 2.24) is 9.97 Å². The zero-order valence-corrected chi connectivity index (χ0v) is 17.2. The lowest BCUT2D eigenvalue weighted by atomic mass is 9.87. The first-order chi connectivity index (χ1) is 14.2. The van der Waals surface area contributed by atoms with E-state index in [-0.39, 0.29) is 30.6 Å². The molecule has 3 aliphatic rings. The molecule has 1 aliphatic heterocycles. The fourth-order valence-electron chi connectivity index (χ4n) is 4.01. The van der Waals surface area contributed by atoms with Crippen molar-refractivity contribution in [3.8, 4) is 0 Å². The number of nitrogens with zero attached hydrogens (tertiary/aromatic N) is 3. The van der Waals surface area contributed by atoms with Gasteiger partial charge in [0.2, 0.25) is 0 Å². The van der Waals surface area contributed by atoms with Gasteiger partial charge in [-0.2, -0.15) is 0 Å². The standard InChI is InChI=1S/C21H29F2N5O2/c1-20(2-3-20)30-17-8-13(15(24)9-14(17)22)19(25)16-10-18(27-12-26-16)28-6-4-21(23,11-29)5-7-28/h8,10,12,14-15,17,25,29H,2-7,9,11,24H2,1H3. The van der Waals surface area contributed by atoms with Crippen molar-refractivity contribution in [3.05, 3.63) is 29.7 Å². The molecule has 2 heterocycles. The Morgan fingerprint density at radius 3 is 2.67 bits per heavy atom. The first-order valence-corrected chi connectivity index (χ1v) is 10.5. The molecule has 1 aromatic rings. The quantitative estimate of drug-likeness (QED) is 0.607. The average molecular weight is 421 g/mol. The first kappa shape index (κ1) is 21.3. The molecule has 1 saturated carbocycles. The van der Waals surface area contributed by atoms with E-state index in [2.05, 4.69) is 9.97 Å². The zero-order valence-electron chi connectivity index (χ0n) is 17.2. The maximum Gasteiger partial charge on any atom is 0.137 e. The fourth-order valence-corrected chi connectivity index (χ4v) is 4.01. The molecule has 4 rings (SSSR count). The van der Waals surface area contributed by atoms with Crippen LogP contribution in [0.15, 0.2) is 24.0 Å². The highest BCUT2D eigenvalue weighted by molar-refractivity contribution is 6.10. The second kappa shape index (κ2) is 7.94. The van der Waals surface area contributed by atoms with Gasteiger partial charge in [0.05, 0.1) is 23.6 Å². The molecule has 1 aromatic heterocycles. The van der Waals surface area contributed by atoms with E-state index in [4.69, 9.17) is 15.9 Å². The summed E-state index contributed by atoms with van der Waals surface area (Å²) in [5.74, 6) is 0.594. The Labute approximate surface area is 174 Å². The van der Waals surface area contributed by atoms with E-state index in [0.717, 1.165) is 12.8 Å². The molecule has 30 heavy (non-hydrogen) atoms. The molecule has 0 aromatic carbocycles. The summed E-state index contributed by atoms with van der Waals surface area (Å²) in [6.07, 6.45) is 3.43. The second-order valence-electron chi connectivity index (χ2n) is 8.95. The molecular weight excluding hydrogens is 392 g/mol. The van der Waals surface area contributed by atoms with E-state index < -0.39 is 30.6 Å². The van der Waals surface area contributed by atoms with Crippen LogP contribution in [0.25, 0.3) is 0 Å². The van der Waals surface area contributed by atoms with Crippen molar-refractivity contribution in [2.24, 2.45) is 5.73 Å². The van der Waals surface area contributed by atoms with E-state index in [1.807, 2.05) is 11.8 Å². The average Bonchev–Trinajstić information content (AvgIpc) is 3.47. The van der Waals surface area contributed by atoms with Gasteiger partial charge in [-0.3, -0.25) is 5.41 Å². The minimum atomic E-state index is -1.55. The second-order valence-corrected chi connectivity index (χ2v) is 8.95. The number of aliphatic hydroxyl groups excluding tert-OH is 1. The van der Waals surface area contributed by atoms with E-state index in [0.29, 0.717) is 30.2 Å². The summed E-state index contributed by atoms with van der Waals surface area (Å²) in [6.45, 7) is 2.32. The molecule has 3 unspecified atom stereocenters. The molecule has 1 saturated heterocycles. The van der Waals surface area contributed by atoms with Crippen molar-refractivity contribution in [1.29, 1.82) is 5.41 Å². The number of aromatic nitrogens is 2. The molecule has 2 fully saturated rings. The Hall–Kier alpha value is -1.97. The monoisotopic (exact) mass is 421 g/mol. The molecule has 3 atom stereocenters. The molecular formula is C21H29F2N5O2. The van der Waals surface area contributed by atoms with Gasteiger partial charge < -0.3 is 20.5 Å². The largest absolute Gasteiger partial charge is 0.393 e. The Morgan fingerprint density at radius 2 is 2.03 bits per heavy atom. The lowest BCUT2D eigenvalue weighted by Crippen LogP contribution is -2.44. The van der Waals surface area contributed by atoms with Crippen molar-refractivity contribution in [3.63, 3.8) is 0 Å². The van der Waals surface area contributed by atoms with Crippen molar-refractivity contribution < 1.29 is 18.6 Å². The highest BCUT2D eigenvalue weighted by atomic mass is 19.1. The van der Waals surface area contributed by atoms with Crippen molar-refractivity contribution in [2.45, 2.75) is 68.6 Å². The number of hydrogen-bond donors (Lipinski definition) is 3. The number of nitrogens with one attached hydrogen (secondary N) is 1. The van der Waals surface area contributed by atoms with E-state index >= 15 is 0 Å². The summed E-state index contributed by atoms with van der Waals surface area (Å²) in [7, 11) is 0. The summed E-state index contributed by atoms with van der Waals surface area (Å²) in [6, 6.07) is 1.07. The third-order valence-electron chi connectivity index (χ3n) is 6.42. The highest BCUT2D eigenvalue weighted by Gasteiger charge is 2.44. The van der Waals surface area contributed by atoms with Crippen LogP contribution in [0.2, 0.25) is 0 Å². The highest BCUT2D eigenvalue weighted by Crippen LogP contribution is 2.42. The Bertz CT molecular complexity index is 836. The van der Waals surface area contributed by atoms with Gasteiger partial charge >= 0.3 is 0 Å². The van der Waals surface area contributed by atoms with Crippen LogP contribution in [0.3, 0.4) is 0 Å². The zero-order chi connectivity index (χ0) is 21.5. The summed E-state index contributed by atoms with van der Waals surface area (Å²) in [5.41, 5.74) is 5.35. The third-order valence-corrected chi connectivity index (χ3v) is 6.42. The van der Waals surface area contributed by atoms with Crippen molar-refractivity contribution in [2.75, 3.05) is 24.6 Å². The predicted octanol–water partition coefficient (Wildman–Crippen LogP) is 2.08. The number of halogens is 2. The Kier molecular flexibility index (Phi) is 5.63. The maximum atomic E-state index is 14.5. The van der Waals surface area contributed by atoms with Gasteiger partial charge in [0.1, 0.15) is 30.1 Å². The number of anilines is 1. The number of alkyl halides is 2. The molecule has 0 amide bonds. The van der Waals surface area contributed by atoms with Crippen LogP contribution in [-0.4, -0.2) is 70.1 Å². The van der Waals surface area contributed by atoms with Gasteiger partial charge in [-0.15, -0.1) is 0 Å². The molecule has 0 spiro atoms. The van der Waals surface area contributed by atoms with E-state index in [1.165, 1.54) is 6.33 Å². The summed E-state index contributed by atoms with van der Waals surface area (Å²) >= 11 is 0. The molecule has 9 heteroatoms. The molecule has 4 N–H and O–H groups in total. The lowest BCUT2D eigenvalue weighted by Gasteiger charge is -2.36. The fraction of sp³-hybridized carbons (Fsp3) is 0.667. The topological polar surface area (TPSA) is 108 Å². The van der Waals surface area contributed by atoms with Gasteiger partial charge in [-0.05, 0) is 31.4 Å². The maximum absolute atomic E-state index is 14.5. The van der Waals surface area contributed by atoms with Crippen LogP contribution in [0, 0.1) is 5.41 Å². The number of nitrogens with two attached hydrogens (primary N) is 1. The summed E-state index contributed by atoms with van der Waals surface area (Å²) in [5, 5.41) is 17.8. The van der Waals surface area contributed by atoms with Gasteiger partial charge in [-0.25, -0.2) is 18.7 Å². The lowest BCUT2D eigenvalue weighted by molar-refractivity contribution is -0.0388. The number of hydrogen-bond acceptors (Lipinski definition) is 7. The normalized spacial score (nSPS) is 30.0. The van der Waals surface area contributed by atoms with Gasteiger partial charge in [0.15, 0.2) is 0 Å². The van der Waals surface area contributed by atoms with E-state index in [9.17, 15) is 13.9 Å². The smallest absolute Gasteiger partial charge is 0.137 e. The molecule has 7 nitrogen and oxygen atoms in total. The molecule has 0 bridgehead atoms. The SMILES string of the molecule is CC1(OC2C=C(C(=N)c3cc(N4CCC(F)(CO)CC4)ncn3)C(N)CC2F)CC1. The minimum Gasteiger partial charge on any atom is -0.393 e. The van der Waals surface area contributed by atoms with Crippen LogP contribution in [0.5, 0.6) is 0 Å². The third kappa shape index (κ3) is 4.38. The van der Waals surface area contributed by atoms with E-state index in [1.54, 1.807) is 12.1 Å². The first-order valence-electron chi connectivity index (χ1n) is 10.5. The number of ether oxygens (including phenoxy) is 1. The summed E-state index contributed by atoms with van der Waals surface area (Å²) < 4.78 is 34.7. The van der Waals surface area contributed by atoms with Crippen LogP contribution in [0.4, 0.5) is 14.6 Å². The Morgan fingerprint density at radius 1 is 1.33 bits per heavy atom. The van der Waals surface area contributed by atoms with Crippen LogP contribution in [-0.2, 0) is 4.74 Å². The summed E-state index contributed by atoms with van der Waals surface area (Å²) in [4.78, 5) is 10.4. The van der Waals surface area contributed by atoms with Gasteiger partial charge in [-0.1, -0.05) is 0 Å². The minimum absolute atomic E-state index is 0.0960. The van der Waals surface area contributed by atoms with Crippen LogP contribution >= 0.6 is 0 Å². The van der Waals surface area contributed by atoms with Crippen LogP contribution in [0.1, 0.15) is 44.7 Å². The Balaban J connectivity index is 1.51. The van der Waals surface area contributed by atoms with Gasteiger partial charge in [0, 0.05) is 44.5 Å². The predicted molar refractivity (Wildman–Crippen MR) is 109 cm³/mol. The molecule has 2 aliphatic carbocycles. The number of piperidine rings is 1. The van der Waals surface area contributed by atoms with Crippen LogP contribution < -0.4 is 10.6 Å². The number of aliphatic hydroxyl groups is 1. The number of rotatable bonds is 6. The van der Waals surface area contributed by atoms with Gasteiger partial charge in [0.25, 0.3) is 0 Å². The molecule has 164 valence electrons. The van der Waals surface area contributed by atoms with Crippen molar-refractivity contribution >= 4 is 11.5 Å². The molecule has 0 radical (unpaired) electrons.